The van der Waals surface area contributed by atoms with E-state index in [2.05, 4.69) is 15.5 Å². The molecule has 0 radical (unpaired) electrons. The summed E-state index contributed by atoms with van der Waals surface area (Å²) in [6, 6.07) is 17.4. The van der Waals surface area contributed by atoms with E-state index in [1.807, 2.05) is 61.7 Å². The fourth-order valence-electron chi connectivity index (χ4n) is 5.38. The molecule has 176 valence electrons. The first-order valence-electron chi connectivity index (χ1n) is 11.6. The second kappa shape index (κ2) is 7.71. The van der Waals surface area contributed by atoms with Gasteiger partial charge in [0.15, 0.2) is 0 Å². The number of rotatable bonds is 4. The molecule has 7 nitrogen and oxygen atoms in total. The van der Waals surface area contributed by atoms with Crippen LogP contribution in [0.2, 0.25) is 0 Å². The van der Waals surface area contributed by atoms with Crippen LogP contribution in [-0.2, 0) is 0 Å². The van der Waals surface area contributed by atoms with Crippen molar-refractivity contribution in [3.63, 3.8) is 0 Å². The molecule has 6 rings (SSSR count). The lowest BCUT2D eigenvalue weighted by Crippen LogP contribution is -2.39. The molecule has 0 aliphatic heterocycles. The van der Waals surface area contributed by atoms with Crippen LogP contribution in [0.25, 0.3) is 33.1 Å². The third-order valence-corrected chi connectivity index (χ3v) is 7.07. The van der Waals surface area contributed by atoms with Crippen molar-refractivity contribution in [3.05, 3.63) is 89.2 Å². The Morgan fingerprint density at radius 1 is 1.11 bits per heavy atom. The topological polar surface area (TPSA) is 94.8 Å². The van der Waals surface area contributed by atoms with Crippen LogP contribution >= 0.6 is 0 Å². The third-order valence-electron chi connectivity index (χ3n) is 7.07. The molecule has 0 atom stereocenters. The van der Waals surface area contributed by atoms with Gasteiger partial charge in [-0.2, -0.15) is 0 Å². The number of nitrogens with two attached hydrogens (primary N) is 1. The van der Waals surface area contributed by atoms with Gasteiger partial charge >= 0.3 is 0 Å². The molecule has 0 bridgehead atoms. The van der Waals surface area contributed by atoms with Gasteiger partial charge in [0.2, 0.25) is 0 Å². The smallest absolute Gasteiger partial charge is 0.263 e. The van der Waals surface area contributed by atoms with Crippen molar-refractivity contribution in [2.24, 2.45) is 0 Å². The molecule has 7 heteroatoms. The number of benzene rings is 2. The van der Waals surface area contributed by atoms with E-state index in [-0.39, 0.29) is 11.5 Å². The number of nitrogens with zero attached hydrogens (tertiary/aromatic N) is 3. The van der Waals surface area contributed by atoms with Crippen molar-refractivity contribution in [2.75, 3.05) is 12.8 Å². The Bertz CT molecular complexity index is 1640. The summed E-state index contributed by atoms with van der Waals surface area (Å²) in [5.74, 6) is 1.27. The highest BCUT2D eigenvalue weighted by Gasteiger charge is 2.40. The van der Waals surface area contributed by atoms with E-state index in [0.29, 0.717) is 29.8 Å². The number of aliphatic hydroxyl groups is 1. The Balaban J connectivity index is 1.58. The van der Waals surface area contributed by atoms with Crippen LogP contribution in [-0.4, -0.2) is 31.8 Å². The molecule has 0 unspecified atom stereocenters. The zero-order chi connectivity index (χ0) is 24.3. The highest BCUT2D eigenvalue weighted by atomic mass is 16.5. The Morgan fingerprint density at radius 3 is 2.60 bits per heavy atom. The molecule has 3 aromatic heterocycles. The number of hydrogen-bond acceptors (Lipinski definition) is 5. The van der Waals surface area contributed by atoms with Crippen LogP contribution < -0.4 is 16.0 Å². The summed E-state index contributed by atoms with van der Waals surface area (Å²) in [6.45, 7) is 1.87. The molecule has 0 spiro atoms. The molecular formula is C28H26N4O3. The lowest BCUT2D eigenvalue weighted by molar-refractivity contribution is -0.0324. The van der Waals surface area contributed by atoms with Crippen LogP contribution in [0.4, 0.5) is 5.82 Å². The van der Waals surface area contributed by atoms with Crippen molar-refractivity contribution in [1.29, 1.82) is 0 Å². The maximum atomic E-state index is 13.6. The number of aromatic nitrogens is 3. The van der Waals surface area contributed by atoms with E-state index < -0.39 is 5.60 Å². The summed E-state index contributed by atoms with van der Waals surface area (Å²) in [7, 11) is 1.61. The predicted octanol–water partition coefficient (Wildman–Crippen LogP) is 4.52. The predicted molar refractivity (Wildman–Crippen MR) is 137 cm³/mol. The van der Waals surface area contributed by atoms with Crippen molar-refractivity contribution < 1.29 is 9.84 Å². The number of para-hydroxylation sites is 1. The van der Waals surface area contributed by atoms with E-state index >= 15 is 0 Å². The Hall–Kier alpha value is -4.10. The molecule has 0 saturated heterocycles. The maximum absolute atomic E-state index is 13.6. The van der Waals surface area contributed by atoms with Gasteiger partial charge in [-0.15, -0.1) is 0 Å². The van der Waals surface area contributed by atoms with Gasteiger partial charge in [-0.3, -0.25) is 9.36 Å². The average Bonchev–Trinajstić information content (AvgIpc) is 3.24. The van der Waals surface area contributed by atoms with Crippen LogP contribution in [0, 0.1) is 0 Å². The van der Waals surface area contributed by atoms with Crippen molar-refractivity contribution in [2.45, 2.75) is 31.3 Å². The highest BCUT2D eigenvalue weighted by molar-refractivity contribution is 5.96. The van der Waals surface area contributed by atoms with Gasteiger partial charge in [-0.25, -0.2) is 4.98 Å². The van der Waals surface area contributed by atoms with Crippen LogP contribution in [0.5, 0.6) is 5.75 Å². The summed E-state index contributed by atoms with van der Waals surface area (Å²) in [5.41, 5.74) is 10.0. The molecule has 3 N–H and O–H groups in total. The summed E-state index contributed by atoms with van der Waals surface area (Å²) in [4.78, 5) is 17.9. The first kappa shape index (κ1) is 21.4. The minimum absolute atomic E-state index is 0.126. The van der Waals surface area contributed by atoms with Gasteiger partial charge in [0, 0.05) is 40.6 Å². The standard InChI is InChI=1S/C28H26N4O3/c1-28(34)14-18(15-28)23-13-21(25-26(29)30-10-11-31(23)25)17-8-9-20-22(12-17)27(33)32(16-24(20)35-2)19-6-4-3-5-7-19/h3-13,16,18,34H,14-15H2,1-2H3,(H2,29,30). The summed E-state index contributed by atoms with van der Waals surface area (Å²) in [5, 5.41) is 11.6. The normalized spacial score (nSPS) is 19.7. The lowest BCUT2D eigenvalue weighted by atomic mass is 9.70. The molecule has 5 aromatic rings. The quantitative estimate of drug-likeness (QED) is 0.406. The molecule has 1 aliphatic rings. The zero-order valence-electron chi connectivity index (χ0n) is 19.6. The second-order valence-corrected chi connectivity index (χ2v) is 9.58. The molecular weight excluding hydrogens is 440 g/mol. The molecule has 35 heavy (non-hydrogen) atoms. The maximum Gasteiger partial charge on any atom is 0.263 e. The molecule has 3 heterocycles. The van der Waals surface area contributed by atoms with Crippen LogP contribution in [0.3, 0.4) is 0 Å². The molecule has 0 amide bonds. The molecule has 1 fully saturated rings. The minimum Gasteiger partial charge on any atom is -0.495 e. The third kappa shape index (κ3) is 3.39. The zero-order valence-corrected chi connectivity index (χ0v) is 19.6. The summed E-state index contributed by atoms with van der Waals surface area (Å²) < 4.78 is 9.32. The van der Waals surface area contributed by atoms with Crippen LogP contribution in [0.15, 0.2) is 78.0 Å². The van der Waals surface area contributed by atoms with Gasteiger partial charge in [-0.05, 0) is 55.7 Å². The number of hydrogen-bond donors (Lipinski definition) is 2. The Labute approximate surface area is 202 Å². The number of pyridine rings is 1. The van der Waals surface area contributed by atoms with E-state index in [0.717, 1.165) is 33.4 Å². The molecule has 1 aliphatic carbocycles. The molecule has 2 aromatic carbocycles. The van der Waals surface area contributed by atoms with Gasteiger partial charge in [-0.1, -0.05) is 24.3 Å². The van der Waals surface area contributed by atoms with Crippen molar-refractivity contribution in [3.8, 4) is 22.6 Å². The van der Waals surface area contributed by atoms with Crippen molar-refractivity contribution in [1.82, 2.24) is 14.0 Å². The van der Waals surface area contributed by atoms with Gasteiger partial charge in [0.05, 0.1) is 29.8 Å². The number of ether oxygens (including phenoxy) is 1. The summed E-state index contributed by atoms with van der Waals surface area (Å²) in [6.07, 6.45) is 6.71. The average molecular weight is 467 g/mol. The second-order valence-electron chi connectivity index (χ2n) is 9.58. The first-order valence-corrected chi connectivity index (χ1v) is 11.6. The minimum atomic E-state index is -0.643. The van der Waals surface area contributed by atoms with E-state index in [4.69, 9.17) is 10.5 Å². The number of fused-ring (bicyclic) bond motifs is 2. The molecule has 1 saturated carbocycles. The number of methoxy groups -OCH3 is 1. The highest BCUT2D eigenvalue weighted by Crippen LogP contribution is 2.47. The van der Waals surface area contributed by atoms with Crippen LogP contribution in [0.1, 0.15) is 31.4 Å². The number of nitrogen functional groups attached to an aromatic ring is 1. The fraction of sp³-hybridized carbons (Fsp3) is 0.214. The Kier molecular flexibility index (Phi) is 4.72. The van der Waals surface area contributed by atoms with E-state index in [9.17, 15) is 9.90 Å². The Morgan fingerprint density at radius 2 is 1.89 bits per heavy atom. The van der Waals surface area contributed by atoms with Gasteiger partial charge in [0.1, 0.15) is 11.6 Å². The van der Waals surface area contributed by atoms with Gasteiger partial charge < -0.3 is 20.0 Å². The SMILES string of the molecule is COc1cn(-c2ccccc2)c(=O)c2cc(-c3cc(C4CC(C)(O)C4)n4ccnc(N)c34)ccc12. The fourth-order valence-corrected chi connectivity index (χ4v) is 5.38. The van der Waals surface area contributed by atoms with Gasteiger partial charge in [0.25, 0.3) is 5.56 Å². The summed E-state index contributed by atoms with van der Waals surface area (Å²) >= 11 is 0. The number of anilines is 1. The van der Waals surface area contributed by atoms with E-state index in [1.54, 1.807) is 24.1 Å². The largest absolute Gasteiger partial charge is 0.495 e. The van der Waals surface area contributed by atoms with Crippen molar-refractivity contribution >= 4 is 22.1 Å². The monoisotopic (exact) mass is 466 g/mol. The van der Waals surface area contributed by atoms with E-state index in [1.165, 1.54) is 0 Å². The first-order chi connectivity index (χ1) is 16.9. The lowest BCUT2D eigenvalue weighted by Gasteiger charge is -2.40.